The van der Waals surface area contributed by atoms with E-state index in [-0.39, 0.29) is 10.8 Å². The molecule has 2 aliphatic rings. The topological polar surface area (TPSA) is 76.2 Å². The number of carbonyl (C=O) groups is 1. The summed E-state index contributed by atoms with van der Waals surface area (Å²) in [6.45, 7) is 4.81. The quantitative estimate of drug-likeness (QED) is 0.778. The minimum Gasteiger partial charge on any atom is -0.494 e. The molecule has 0 radical (unpaired) electrons. The standard InChI is InChI=1S/C17H24N2O5S/c1-2-24-14-5-7-15(8-6-14)25(21,22)19-9-3-4-16(19)17(20)18-10-12-23-13-11-18/h5-8,16H,2-4,9-13H2,1H3/t16-/m0/s1. The molecule has 1 aromatic carbocycles. The van der Waals surface area contributed by atoms with Gasteiger partial charge in [-0.1, -0.05) is 0 Å². The Labute approximate surface area is 148 Å². The second-order valence-electron chi connectivity index (χ2n) is 6.12. The van der Waals surface area contributed by atoms with E-state index in [4.69, 9.17) is 9.47 Å². The Hall–Kier alpha value is -1.64. The number of rotatable bonds is 5. The number of benzene rings is 1. The Bertz CT molecular complexity index is 698. The number of morpholine rings is 1. The molecule has 25 heavy (non-hydrogen) atoms. The Morgan fingerprint density at radius 2 is 1.88 bits per heavy atom. The molecule has 1 aromatic rings. The highest BCUT2D eigenvalue weighted by Gasteiger charge is 2.41. The molecule has 2 fully saturated rings. The number of nitrogens with zero attached hydrogens (tertiary/aromatic N) is 2. The van der Waals surface area contributed by atoms with Crippen molar-refractivity contribution in [3.8, 4) is 5.75 Å². The summed E-state index contributed by atoms with van der Waals surface area (Å²) in [7, 11) is -3.70. The third-order valence-electron chi connectivity index (χ3n) is 4.55. The lowest BCUT2D eigenvalue weighted by molar-refractivity contribution is -0.138. The maximum absolute atomic E-state index is 13.0. The van der Waals surface area contributed by atoms with Crippen LogP contribution in [0.1, 0.15) is 19.8 Å². The van der Waals surface area contributed by atoms with Crippen LogP contribution in [0.15, 0.2) is 29.2 Å². The smallest absolute Gasteiger partial charge is 0.243 e. The van der Waals surface area contributed by atoms with E-state index in [0.717, 1.165) is 0 Å². The fourth-order valence-electron chi connectivity index (χ4n) is 3.28. The number of ether oxygens (including phenoxy) is 2. The summed E-state index contributed by atoms with van der Waals surface area (Å²) in [5.74, 6) is 0.513. The van der Waals surface area contributed by atoms with Crippen LogP contribution in [-0.4, -0.2) is 69.0 Å². The largest absolute Gasteiger partial charge is 0.494 e. The zero-order valence-corrected chi connectivity index (χ0v) is 15.2. The van der Waals surface area contributed by atoms with Crippen LogP contribution < -0.4 is 4.74 Å². The van der Waals surface area contributed by atoms with Crippen molar-refractivity contribution in [2.24, 2.45) is 0 Å². The summed E-state index contributed by atoms with van der Waals surface area (Å²) in [5.41, 5.74) is 0. The first-order chi connectivity index (χ1) is 12.0. The van der Waals surface area contributed by atoms with Gasteiger partial charge in [-0.2, -0.15) is 4.31 Å². The van der Waals surface area contributed by atoms with E-state index in [1.165, 1.54) is 16.4 Å². The van der Waals surface area contributed by atoms with Crippen molar-refractivity contribution >= 4 is 15.9 Å². The minimum atomic E-state index is -3.70. The third-order valence-corrected chi connectivity index (χ3v) is 6.48. The second kappa shape index (κ2) is 7.72. The molecule has 1 amide bonds. The first kappa shape index (κ1) is 18.2. The van der Waals surface area contributed by atoms with Gasteiger partial charge >= 0.3 is 0 Å². The number of sulfonamides is 1. The van der Waals surface area contributed by atoms with Gasteiger partial charge in [-0.3, -0.25) is 4.79 Å². The summed E-state index contributed by atoms with van der Waals surface area (Å²) >= 11 is 0. The first-order valence-corrected chi connectivity index (χ1v) is 10.1. The lowest BCUT2D eigenvalue weighted by Crippen LogP contribution is -2.50. The van der Waals surface area contributed by atoms with E-state index in [1.54, 1.807) is 17.0 Å². The minimum absolute atomic E-state index is 0.115. The molecular weight excluding hydrogens is 344 g/mol. The highest BCUT2D eigenvalue weighted by atomic mass is 32.2. The van der Waals surface area contributed by atoms with Gasteiger partial charge in [-0.15, -0.1) is 0 Å². The van der Waals surface area contributed by atoms with Crippen molar-refractivity contribution in [1.82, 2.24) is 9.21 Å². The Morgan fingerprint density at radius 3 is 2.52 bits per heavy atom. The van der Waals surface area contributed by atoms with Crippen molar-refractivity contribution < 1.29 is 22.7 Å². The number of carbonyl (C=O) groups excluding carboxylic acids is 1. The van der Waals surface area contributed by atoms with E-state index in [2.05, 4.69) is 0 Å². The average Bonchev–Trinajstić information content (AvgIpc) is 3.13. The molecule has 2 saturated heterocycles. The number of amides is 1. The van der Waals surface area contributed by atoms with E-state index >= 15 is 0 Å². The van der Waals surface area contributed by atoms with Crippen LogP contribution in [0.2, 0.25) is 0 Å². The third kappa shape index (κ3) is 3.80. The SMILES string of the molecule is CCOc1ccc(S(=O)(=O)N2CCC[C@H]2C(=O)N2CCOCC2)cc1. The maximum atomic E-state index is 13.0. The molecule has 0 spiro atoms. The molecule has 0 saturated carbocycles. The Kier molecular flexibility index (Phi) is 5.61. The van der Waals surface area contributed by atoms with E-state index < -0.39 is 16.1 Å². The van der Waals surface area contributed by atoms with Gasteiger partial charge in [-0.25, -0.2) is 8.42 Å². The summed E-state index contributed by atoms with van der Waals surface area (Å²) in [4.78, 5) is 14.7. The molecule has 138 valence electrons. The van der Waals surface area contributed by atoms with Gasteiger partial charge < -0.3 is 14.4 Å². The fourth-order valence-corrected chi connectivity index (χ4v) is 4.93. The lowest BCUT2D eigenvalue weighted by Gasteiger charge is -2.32. The monoisotopic (exact) mass is 368 g/mol. The Balaban J connectivity index is 1.79. The average molecular weight is 368 g/mol. The molecule has 0 aliphatic carbocycles. The number of hydrogen-bond acceptors (Lipinski definition) is 5. The van der Waals surface area contributed by atoms with Crippen LogP contribution in [0.25, 0.3) is 0 Å². The van der Waals surface area contributed by atoms with Crippen molar-refractivity contribution in [2.75, 3.05) is 39.5 Å². The highest BCUT2D eigenvalue weighted by Crippen LogP contribution is 2.28. The van der Waals surface area contributed by atoms with Crippen molar-refractivity contribution in [1.29, 1.82) is 0 Å². The molecule has 7 nitrogen and oxygen atoms in total. The highest BCUT2D eigenvalue weighted by molar-refractivity contribution is 7.89. The molecular formula is C17H24N2O5S. The van der Waals surface area contributed by atoms with Crippen LogP contribution in [0.5, 0.6) is 5.75 Å². The van der Waals surface area contributed by atoms with Crippen LogP contribution >= 0.6 is 0 Å². The van der Waals surface area contributed by atoms with Crippen LogP contribution in [-0.2, 0) is 19.6 Å². The molecule has 0 bridgehead atoms. The van der Waals surface area contributed by atoms with Crippen molar-refractivity contribution in [2.45, 2.75) is 30.7 Å². The van der Waals surface area contributed by atoms with Crippen molar-refractivity contribution in [3.63, 3.8) is 0 Å². The zero-order chi connectivity index (χ0) is 17.9. The van der Waals surface area contributed by atoms with Gasteiger partial charge in [0.1, 0.15) is 11.8 Å². The summed E-state index contributed by atoms with van der Waals surface area (Å²) in [5, 5.41) is 0. The van der Waals surface area contributed by atoms with Crippen molar-refractivity contribution in [3.05, 3.63) is 24.3 Å². The summed E-state index contributed by atoms with van der Waals surface area (Å²) < 4.78 is 38.0. The van der Waals surface area contributed by atoms with Gasteiger partial charge in [0.15, 0.2) is 0 Å². The molecule has 0 aromatic heterocycles. The molecule has 0 N–H and O–H groups in total. The van der Waals surface area contributed by atoms with Crippen LogP contribution in [0, 0.1) is 0 Å². The molecule has 8 heteroatoms. The second-order valence-corrected chi connectivity index (χ2v) is 8.01. The van der Waals surface area contributed by atoms with E-state index in [9.17, 15) is 13.2 Å². The summed E-state index contributed by atoms with van der Waals surface area (Å²) in [6, 6.07) is 5.75. The molecule has 1 atom stereocenters. The van der Waals surface area contributed by atoms with Gasteiger partial charge in [0, 0.05) is 19.6 Å². The Morgan fingerprint density at radius 1 is 1.20 bits per heavy atom. The van der Waals surface area contributed by atoms with E-state index in [1.807, 2.05) is 6.92 Å². The lowest BCUT2D eigenvalue weighted by atomic mass is 10.2. The van der Waals surface area contributed by atoms with Gasteiger partial charge in [0.2, 0.25) is 15.9 Å². The normalized spacial score (nSPS) is 22.1. The van der Waals surface area contributed by atoms with Gasteiger partial charge in [-0.05, 0) is 44.0 Å². The summed E-state index contributed by atoms with van der Waals surface area (Å²) in [6.07, 6.45) is 1.25. The maximum Gasteiger partial charge on any atom is 0.243 e. The van der Waals surface area contributed by atoms with Gasteiger partial charge in [0.25, 0.3) is 0 Å². The zero-order valence-electron chi connectivity index (χ0n) is 14.4. The molecule has 3 rings (SSSR count). The van der Waals surface area contributed by atoms with E-state index in [0.29, 0.717) is 58.0 Å². The molecule has 2 aliphatic heterocycles. The number of hydrogen-bond donors (Lipinski definition) is 0. The van der Waals surface area contributed by atoms with Crippen LogP contribution in [0.3, 0.4) is 0 Å². The fraction of sp³-hybridized carbons (Fsp3) is 0.588. The van der Waals surface area contributed by atoms with Crippen LogP contribution in [0.4, 0.5) is 0 Å². The molecule has 2 heterocycles. The molecule has 0 unspecified atom stereocenters. The first-order valence-electron chi connectivity index (χ1n) is 8.65. The van der Waals surface area contributed by atoms with Gasteiger partial charge in [0.05, 0.1) is 24.7 Å². The predicted octanol–water partition coefficient (Wildman–Crippen LogP) is 1.10. The predicted molar refractivity (Wildman–Crippen MR) is 91.9 cm³/mol.